The van der Waals surface area contributed by atoms with Gasteiger partial charge in [-0.25, -0.2) is 0 Å². The number of hydrogen-bond acceptors (Lipinski definition) is 3. The Morgan fingerprint density at radius 3 is 0.955 bits per heavy atom. The predicted molar refractivity (Wildman–Crippen MR) is 364 cm³/mol. The first-order valence-electron chi connectivity index (χ1n) is 29.9. The Morgan fingerprint density at radius 2 is 0.477 bits per heavy atom. The van der Waals surface area contributed by atoms with E-state index in [4.69, 9.17) is 15.0 Å². The number of nitrogens with zero attached hydrogens (tertiary/aromatic N) is 7. The molecule has 0 saturated carbocycles. The van der Waals surface area contributed by atoms with Gasteiger partial charge in [0.15, 0.2) is 5.82 Å². The lowest BCUT2D eigenvalue weighted by atomic mass is 9.99. The van der Waals surface area contributed by atoms with Gasteiger partial charge in [0, 0.05) is 60.0 Å². The normalized spacial score (nSPS) is 11.9. The lowest BCUT2D eigenvalue weighted by Crippen LogP contribution is -2.10. The summed E-state index contributed by atoms with van der Waals surface area (Å²) in [6.45, 7) is 0. The van der Waals surface area contributed by atoms with Gasteiger partial charge in [0.2, 0.25) is 11.9 Å². The maximum Gasteiger partial charge on any atom is 0.240 e. The minimum atomic E-state index is 0.518. The van der Waals surface area contributed by atoms with E-state index in [9.17, 15) is 0 Å². The Labute approximate surface area is 506 Å². The van der Waals surface area contributed by atoms with Crippen molar-refractivity contribution in [3.63, 3.8) is 0 Å². The first kappa shape index (κ1) is 49.5. The highest BCUT2D eigenvalue weighted by atomic mass is 15.3. The molecule has 18 rings (SSSR count). The minimum absolute atomic E-state index is 0.518. The molecule has 13 aromatic carbocycles. The van der Waals surface area contributed by atoms with E-state index in [2.05, 4.69) is 328 Å². The highest BCUT2D eigenvalue weighted by molar-refractivity contribution is 6.14. The SMILES string of the molecule is c1ccc(-c2ccc(-c3cccc(-c4nc(-n5c6ccccc6c6ccc(-c7ccc8c(c7)c7ccccc7n8-c7ccccc7)cc65)nc(-n5c6ccccc6c6ccc(-c7ccc8c(c7)c7ccccc7n8-c7ccccc7)cc65)n4)c3)cc2)cc1. The second kappa shape index (κ2) is 19.8. The first-order valence-corrected chi connectivity index (χ1v) is 29.9. The lowest BCUT2D eigenvalue weighted by molar-refractivity contribution is 0.893. The largest absolute Gasteiger partial charge is 0.309 e. The van der Waals surface area contributed by atoms with Gasteiger partial charge < -0.3 is 9.13 Å². The van der Waals surface area contributed by atoms with Crippen LogP contribution in [-0.4, -0.2) is 33.2 Å². The number of aromatic nitrogens is 7. The number of para-hydroxylation sites is 6. The van der Waals surface area contributed by atoms with Crippen molar-refractivity contribution >= 4 is 87.2 Å². The van der Waals surface area contributed by atoms with Crippen LogP contribution in [0.5, 0.6) is 0 Å². The monoisotopic (exact) mass is 1120 g/mol. The first-order chi connectivity index (χ1) is 43.6. The molecule has 0 radical (unpaired) electrons. The Bertz CT molecular complexity index is 5500. The molecule has 0 aliphatic carbocycles. The molecule has 0 fully saturated rings. The zero-order chi connectivity index (χ0) is 57.8. The van der Waals surface area contributed by atoms with E-state index < -0.39 is 0 Å². The van der Waals surface area contributed by atoms with Crippen LogP contribution in [0.25, 0.3) is 166 Å². The molecule has 0 aliphatic heterocycles. The summed E-state index contributed by atoms with van der Waals surface area (Å²) in [5.41, 5.74) is 20.8. The molecule has 0 bridgehead atoms. The van der Waals surface area contributed by atoms with Crippen LogP contribution in [0.3, 0.4) is 0 Å². The third-order valence-corrected chi connectivity index (χ3v) is 17.8. The fraction of sp³-hybridized carbons (Fsp3) is 0. The molecular weight excluding hydrogens is 1070 g/mol. The lowest BCUT2D eigenvalue weighted by Gasteiger charge is -2.14. The smallest absolute Gasteiger partial charge is 0.240 e. The van der Waals surface area contributed by atoms with Crippen molar-refractivity contribution in [3.05, 3.63) is 309 Å². The maximum absolute atomic E-state index is 5.68. The Hall–Kier alpha value is -11.9. The summed E-state index contributed by atoms with van der Waals surface area (Å²) in [4.78, 5) is 16.8. The summed E-state index contributed by atoms with van der Waals surface area (Å²) in [7, 11) is 0. The molecular formula is C81H51N7. The summed E-state index contributed by atoms with van der Waals surface area (Å²) in [5.74, 6) is 1.60. The van der Waals surface area contributed by atoms with Crippen LogP contribution in [-0.2, 0) is 0 Å². The molecule has 18 aromatic rings. The number of hydrogen-bond donors (Lipinski definition) is 0. The van der Waals surface area contributed by atoms with Crippen LogP contribution >= 0.6 is 0 Å². The molecule has 0 atom stereocenters. The molecule has 410 valence electrons. The van der Waals surface area contributed by atoms with E-state index >= 15 is 0 Å². The topological polar surface area (TPSA) is 58.4 Å². The van der Waals surface area contributed by atoms with Crippen molar-refractivity contribution < 1.29 is 0 Å². The third kappa shape index (κ3) is 7.88. The van der Waals surface area contributed by atoms with Gasteiger partial charge in [0.1, 0.15) is 0 Å². The van der Waals surface area contributed by atoms with Crippen LogP contribution in [0.4, 0.5) is 0 Å². The number of rotatable bonds is 9. The maximum atomic E-state index is 5.68. The van der Waals surface area contributed by atoms with E-state index in [0.717, 1.165) is 105 Å². The molecule has 0 N–H and O–H groups in total. The molecule has 5 heterocycles. The van der Waals surface area contributed by atoms with Gasteiger partial charge >= 0.3 is 0 Å². The standard InChI is InChI=1S/C81H51N7/c1-4-19-52(20-5-1)53-35-37-54(38-36-53)55-21-18-22-60(47-55)79-82-80(87-73-33-16-10-27-63(73)67-43-39-58(50-77(67)87)56-41-45-75-69(48-56)65-29-12-14-31-71(65)85(75)61-23-6-2-7-24-61)84-81(83-79)88-74-34-17-11-28-64(74)68-44-40-59(51-78(68)88)57-42-46-76-70(49-57)66-30-13-15-32-72(66)86(76)62-25-8-3-9-26-62/h1-51H. The van der Waals surface area contributed by atoms with Crippen LogP contribution < -0.4 is 0 Å². The number of benzene rings is 13. The van der Waals surface area contributed by atoms with Gasteiger partial charge in [0.05, 0.1) is 44.1 Å². The zero-order valence-corrected chi connectivity index (χ0v) is 47.6. The van der Waals surface area contributed by atoms with Crippen molar-refractivity contribution in [2.75, 3.05) is 0 Å². The summed E-state index contributed by atoms with van der Waals surface area (Å²) in [6.07, 6.45) is 0. The molecule has 0 amide bonds. The molecule has 0 spiro atoms. The minimum Gasteiger partial charge on any atom is -0.309 e. The fourth-order valence-corrected chi connectivity index (χ4v) is 13.8. The average Bonchev–Trinajstić information content (AvgIpc) is 4.28. The van der Waals surface area contributed by atoms with Crippen molar-refractivity contribution in [1.29, 1.82) is 0 Å². The Kier molecular flexibility index (Phi) is 11.2. The van der Waals surface area contributed by atoms with Gasteiger partial charge in [-0.3, -0.25) is 9.13 Å². The van der Waals surface area contributed by atoms with E-state index in [1.165, 1.54) is 43.7 Å². The van der Waals surface area contributed by atoms with Crippen LogP contribution in [0.15, 0.2) is 309 Å². The Balaban J connectivity index is 0.845. The van der Waals surface area contributed by atoms with E-state index in [0.29, 0.717) is 17.7 Å². The van der Waals surface area contributed by atoms with Crippen LogP contribution in [0, 0.1) is 0 Å². The summed E-state index contributed by atoms with van der Waals surface area (Å²) in [5, 5.41) is 9.26. The summed E-state index contributed by atoms with van der Waals surface area (Å²) < 4.78 is 9.23. The van der Waals surface area contributed by atoms with Crippen molar-refractivity contribution in [2.45, 2.75) is 0 Å². The molecule has 0 aliphatic rings. The van der Waals surface area contributed by atoms with Crippen LogP contribution in [0.1, 0.15) is 0 Å². The molecule has 7 nitrogen and oxygen atoms in total. The van der Waals surface area contributed by atoms with E-state index in [-0.39, 0.29) is 0 Å². The molecule has 7 heteroatoms. The molecule has 0 saturated heterocycles. The van der Waals surface area contributed by atoms with Crippen molar-refractivity contribution in [3.8, 4) is 79.2 Å². The van der Waals surface area contributed by atoms with Crippen LogP contribution in [0.2, 0.25) is 0 Å². The molecule has 0 unspecified atom stereocenters. The highest BCUT2D eigenvalue weighted by Gasteiger charge is 2.23. The number of fused-ring (bicyclic) bond motifs is 12. The fourth-order valence-electron chi connectivity index (χ4n) is 13.8. The zero-order valence-electron chi connectivity index (χ0n) is 47.6. The van der Waals surface area contributed by atoms with Crippen molar-refractivity contribution in [2.24, 2.45) is 0 Å². The second-order valence-corrected chi connectivity index (χ2v) is 22.8. The molecule has 5 aromatic heterocycles. The van der Waals surface area contributed by atoms with E-state index in [1.807, 2.05) is 0 Å². The summed E-state index contributed by atoms with van der Waals surface area (Å²) in [6, 6.07) is 111. The molecule has 88 heavy (non-hydrogen) atoms. The quantitative estimate of drug-likeness (QED) is 0.145. The van der Waals surface area contributed by atoms with Gasteiger partial charge in [-0.1, -0.05) is 218 Å². The van der Waals surface area contributed by atoms with Gasteiger partial charge in [-0.15, -0.1) is 0 Å². The Morgan fingerprint density at radius 1 is 0.170 bits per heavy atom. The second-order valence-electron chi connectivity index (χ2n) is 22.8. The average molecular weight is 1120 g/mol. The highest BCUT2D eigenvalue weighted by Crippen LogP contribution is 2.42. The van der Waals surface area contributed by atoms with Gasteiger partial charge in [0.25, 0.3) is 0 Å². The van der Waals surface area contributed by atoms with Gasteiger partial charge in [-0.2, -0.15) is 15.0 Å². The predicted octanol–water partition coefficient (Wildman–Crippen LogP) is 20.6. The third-order valence-electron chi connectivity index (χ3n) is 17.8. The van der Waals surface area contributed by atoms with E-state index in [1.54, 1.807) is 0 Å². The van der Waals surface area contributed by atoms with Crippen molar-refractivity contribution in [1.82, 2.24) is 33.2 Å². The van der Waals surface area contributed by atoms with Gasteiger partial charge in [-0.05, 0) is 136 Å². The summed E-state index contributed by atoms with van der Waals surface area (Å²) >= 11 is 0.